The van der Waals surface area contributed by atoms with Gasteiger partial charge in [0.15, 0.2) is 6.10 Å². The highest BCUT2D eigenvalue weighted by atomic mass is 16.6. The Morgan fingerprint density at radius 2 is 0.765 bits per heavy atom. The van der Waals surface area contributed by atoms with Crippen LogP contribution >= 0.6 is 0 Å². The second-order valence-corrected chi connectivity index (χ2v) is 13.2. The molecule has 0 rings (SSSR count). The molecule has 0 aromatic carbocycles. The van der Waals surface area contributed by atoms with Crippen LogP contribution in [0.25, 0.3) is 0 Å². The molecule has 0 amide bonds. The second-order valence-electron chi connectivity index (χ2n) is 13.2. The molecule has 0 saturated carbocycles. The summed E-state index contributed by atoms with van der Waals surface area (Å²) in [5.41, 5.74) is 0. The number of rotatable bonds is 35. The summed E-state index contributed by atoms with van der Waals surface area (Å²) in [5.74, 6) is -1.01. The van der Waals surface area contributed by atoms with E-state index in [4.69, 9.17) is 14.2 Å². The van der Waals surface area contributed by atoms with Gasteiger partial charge in [0, 0.05) is 19.3 Å². The van der Waals surface area contributed by atoms with Crippen molar-refractivity contribution < 1.29 is 28.6 Å². The van der Waals surface area contributed by atoms with Crippen molar-refractivity contribution in [1.82, 2.24) is 0 Å². The molecule has 0 radical (unpaired) electrons. The molecule has 1 atom stereocenters. The van der Waals surface area contributed by atoms with Gasteiger partial charge < -0.3 is 14.2 Å². The smallest absolute Gasteiger partial charge is 0.306 e. The van der Waals surface area contributed by atoms with Crippen LogP contribution in [0.15, 0.2) is 72.9 Å². The third kappa shape index (κ3) is 37.9. The molecule has 0 fully saturated rings. The van der Waals surface area contributed by atoms with Gasteiger partial charge >= 0.3 is 17.9 Å². The first-order valence-electron chi connectivity index (χ1n) is 20.4. The molecule has 0 N–H and O–H groups in total. The van der Waals surface area contributed by atoms with E-state index in [2.05, 4.69) is 81.5 Å². The average molecular weight is 711 g/mol. The van der Waals surface area contributed by atoms with Crippen molar-refractivity contribution in [3.63, 3.8) is 0 Å². The van der Waals surface area contributed by atoms with Gasteiger partial charge in [0.2, 0.25) is 0 Å². The summed E-state index contributed by atoms with van der Waals surface area (Å²) in [4.78, 5) is 37.2. The summed E-state index contributed by atoms with van der Waals surface area (Å²) in [6.07, 6.45) is 47.9. The molecule has 1 unspecified atom stereocenters. The van der Waals surface area contributed by atoms with Crippen LogP contribution in [0.4, 0.5) is 0 Å². The molecule has 6 nitrogen and oxygen atoms in total. The third-order valence-corrected chi connectivity index (χ3v) is 8.24. The van der Waals surface area contributed by atoms with E-state index in [0.29, 0.717) is 19.3 Å². The highest BCUT2D eigenvalue weighted by Crippen LogP contribution is 2.12. The van der Waals surface area contributed by atoms with E-state index in [1.807, 2.05) is 12.2 Å². The average Bonchev–Trinajstić information content (AvgIpc) is 3.12. The number of ether oxygens (including phenoxy) is 3. The molecule has 0 spiro atoms. The van der Waals surface area contributed by atoms with E-state index < -0.39 is 6.10 Å². The van der Waals surface area contributed by atoms with E-state index in [1.165, 1.54) is 38.5 Å². The molecule has 290 valence electrons. The van der Waals surface area contributed by atoms with Crippen molar-refractivity contribution in [2.45, 2.75) is 181 Å². The van der Waals surface area contributed by atoms with Gasteiger partial charge in [-0.3, -0.25) is 14.4 Å². The summed E-state index contributed by atoms with van der Waals surface area (Å²) in [5, 5.41) is 0. The Balaban J connectivity index is 4.36. The van der Waals surface area contributed by atoms with Crippen molar-refractivity contribution in [3.8, 4) is 0 Å². The highest BCUT2D eigenvalue weighted by Gasteiger charge is 2.19. The minimum absolute atomic E-state index is 0.0995. The fourth-order valence-corrected chi connectivity index (χ4v) is 5.17. The lowest BCUT2D eigenvalue weighted by Crippen LogP contribution is -2.30. The lowest BCUT2D eigenvalue weighted by molar-refractivity contribution is -0.166. The second kappa shape index (κ2) is 39.6. The van der Waals surface area contributed by atoms with Crippen LogP contribution in [0.3, 0.4) is 0 Å². The van der Waals surface area contributed by atoms with E-state index in [1.54, 1.807) is 0 Å². The van der Waals surface area contributed by atoms with Gasteiger partial charge in [0.05, 0.1) is 0 Å². The highest BCUT2D eigenvalue weighted by molar-refractivity contribution is 5.71. The molecule has 0 aliphatic carbocycles. The molecular formula is C45H74O6. The maximum Gasteiger partial charge on any atom is 0.306 e. The Morgan fingerprint density at radius 1 is 0.412 bits per heavy atom. The molecule has 0 aromatic heterocycles. The van der Waals surface area contributed by atoms with E-state index >= 15 is 0 Å². The van der Waals surface area contributed by atoms with Gasteiger partial charge in [0.1, 0.15) is 13.2 Å². The van der Waals surface area contributed by atoms with Gasteiger partial charge in [-0.1, -0.05) is 171 Å². The largest absolute Gasteiger partial charge is 0.462 e. The standard InChI is InChI=1S/C45H74O6/c1-4-7-10-13-15-17-18-19-20-21-22-23-24-25-26-28-29-32-35-38-44(47)50-41-42(40-49-43(46)37-34-31-12-9-6-3)51-45(48)39-36-33-30-27-16-14-11-8-5-2/h7,10,15,17,19-20,22-23,25-26,29,32,42H,4-6,8-9,11-14,16,18,21,24,27-28,30-31,33-41H2,1-3H3/b10-7-,17-15-,20-19-,23-22-,26-25-,32-29-. The quantitative estimate of drug-likeness (QED) is 0.0282. The summed E-state index contributed by atoms with van der Waals surface area (Å²) < 4.78 is 16.4. The normalized spacial score (nSPS) is 12.8. The molecule has 0 aliphatic heterocycles. The molecule has 51 heavy (non-hydrogen) atoms. The Kier molecular flexibility index (Phi) is 37.2. The van der Waals surface area contributed by atoms with Crippen LogP contribution in [0.5, 0.6) is 0 Å². The fourth-order valence-electron chi connectivity index (χ4n) is 5.17. The van der Waals surface area contributed by atoms with Crippen molar-refractivity contribution in [3.05, 3.63) is 72.9 Å². The Labute approximate surface area is 312 Å². The number of unbranched alkanes of at least 4 members (excludes halogenated alkanes) is 12. The molecule has 0 aromatic rings. The van der Waals surface area contributed by atoms with Crippen LogP contribution < -0.4 is 0 Å². The van der Waals surface area contributed by atoms with Crippen LogP contribution in [-0.4, -0.2) is 37.2 Å². The maximum atomic E-state index is 12.6. The van der Waals surface area contributed by atoms with Crippen molar-refractivity contribution in [1.29, 1.82) is 0 Å². The first-order valence-corrected chi connectivity index (χ1v) is 20.4. The molecule has 6 heteroatoms. The predicted molar refractivity (Wildman–Crippen MR) is 214 cm³/mol. The SMILES string of the molecule is CC/C=C\C/C=C\C/C=C\C/C=C\C/C=C\C/C=C\CCC(=O)OCC(COC(=O)CCCCCCC)OC(=O)CCCCCCCCCCC. The minimum Gasteiger partial charge on any atom is -0.462 e. The lowest BCUT2D eigenvalue weighted by Gasteiger charge is -2.18. The number of esters is 3. The zero-order valence-electron chi connectivity index (χ0n) is 32.8. The van der Waals surface area contributed by atoms with Gasteiger partial charge in [-0.05, 0) is 57.8 Å². The molecule has 0 heterocycles. The number of hydrogen-bond acceptors (Lipinski definition) is 6. The number of hydrogen-bond donors (Lipinski definition) is 0. The summed E-state index contributed by atoms with van der Waals surface area (Å²) in [7, 11) is 0. The zero-order chi connectivity index (χ0) is 37.3. The van der Waals surface area contributed by atoms with E-state index in [0.717, 1.165) is 89.9 Å². The molecule has 0 aliphatic rings. The number of carbonyl (C=O) groups is 3. The van der Waals surface area contributed by atoms with Gasteiger partial charge in [-0.2, -0.15) is 0 Å². The zero-order valence-corrected chi connectivity index (χ0v) is 32.8. The van der Waals surface area contributed by atoms with Crippen molar-refractivity contribution in [2.24, 2.45) is 0 Å². The molecule has 0 saturated heterocycles. The Bertz CT molecular complexity index is 1000. The van der Waals surface area contributed by atoms with Crippen LogP contribution in [-0.2, 0) is 28.6 Å². The Morgan fingerprint density at radius 3 is 1.20 bits per heavy atom. The lowest BCUT2D eigenvalue weighted by atomic mass is 10.1. The fraction of sp³-hybridized carbons (Fsp3) is 0.667. The predicted octanol–water partition coefficient (Wildman–Crippen LogP) is 12.7. The molecular weight excluding hydrogens is 636 g/mol. The van der Waals surface area contributed by atoms with Crippen LogP contribution in [0, 0.1) is 0 Å². The minimum atomic E-state index is -0.796. The Hall–Kier alpha value is -3.15. The van der Waals surface area contributed by atoms with Crippen molar-refractivity contribution in [2.75, 3.05) is 13.2 Å². The van der Waals surface area contributed by atoms with Crippen LogP contribution in [0.1, 0.15) is 175 Å². The van der Waals surface area contributed by atoms with E-state index in [9.17, 15) is 14.4 Å². The molecule has 0 bridgehead atoms. The van der Waals surface area contributed by atoms with Crippen molar-refractivity contribution >= 4 is 17.9 Å². The van der Waals surface area contributed by atoms with E-state index in [-0.39, 0.29) is 37.5 Å². The maximum absolute atomic E-state index is 12.6. The summed E-state index contributed by atoms with van der Waals surface area (Å²) >= 11 is 0. The first kappa shape index (κ1) is 47.8. The van der Waals surface area contributed by atoms with Gasteiger partial charge in [-0.25, -0.2) is 0 Å². The number of carbonyl (C=O) groups excluding carboxylic acids is 3. The van der Waals surface area contributed by atoms with Gasteiger partial charge in [-0.15, -0.1) is 0 Å². The number of allylic oxidation sites excluding steroid dienone is 12. The third-order valence-electron chi connectivity index (χ3n) is 8.24. The monoisotopic (exact) mass is 711 g/mol. The topological polar surface area (TPSA) is 78.9 Å². The first-order chi connectivity index (χ1) is 25.0. The summed E-state index contributed by atoms with van der Waals surface area (Å²) in [6.45, 7) is 6.31. The summed E-state index contributed by atoms with van der Waals surface area (Å²) in [6, 6.07) is 0. The van der Waals surface area contributed by atoms with Gasteiger partial charge in [0.25, 0.3) is 0 Å². The van der Waals surface area contributed by atoms with Crippen LogP contribution in [0.2, 0.25) is 0 Å².